The van der Waals surface area contributed by atoms with Crippen molar-refractivity contribution in [3.05, 3.63) is 35.9 Å². The highest BCUT2D eigenvalue weighted by Gasteiger charge is 2.27. The van der Waals surface area contributed by atoms with Crippen LogP contribution in [0.5, 0.6) is 0 Å². The van der Waals surface area contributed by atoms with Gasteiger partial charge in [0.05, 0.1) is 12.5 Å². The monoisotopic (exact) mass is 382 g/mol. The fraction of sp³-hybridized carbons (Fsp3) is 0.375. The molecule has 0 radical (unpaired) electrons. The van der Waals surface area contributed by atoms with Gasteiger partial charge in [-0.2, -0.15) is 12.6 Å². The lowest BCUT2D eigenvalue weighted by molar-refractivity contribution is -0.142. The van der Waals surface area contributed by atoms with E-state index in [1.54, 1.807) is 30.3 Å². The molecule has 0 spiro atoms. The van der Waals surface area contributed by atoms with E-state index < -0.39 is 41.8 Å². The summed E-state index contributed by atoms with van der Waals surface area (Å²) in [6.45, 7) is 0. The first-order valence-corrected chi connectivity index (χ1v) is 8.40. The van der Waals surface area contributed by atoms with E-state index in [2.05, 4.69) is 23.3 Å². The summed E-state index contributed by atoms with van der Waals surface area (Å²) in [5, 5.41) is 14.0. The Morgan fingerprint density at radius 1 is 1.04 bits per heavy atom. The Labute approximate surface area is 155 Å². The summed E-state index contributed by atoms with van der Waals surface area (Å²) in [5.41, 5.74) is 11.2. The quantitative estimate of drug-likeness (QED) is 0.267. The number of carbonyl (C=O) groups is 4. The Hall–Kier alpha value is -2.59. The third-order valence-corrected chi connectivity index (χ3v) is 3.84. The number of amides is 3. The number of carboxylic acids is 1. The molecule has 0 fully saturated rings. The molecule has 1 rings (SSSR count). The van der Waals surface area contributed by atoms with E-state index in [9.17, 15) is 24.3 Å². The second kappa shape index (κ2) is 10.4. The normalized spacial score (nSPS) is 13.9. The molecule has 0 aliphatic rings. The highest BCUT2D eigenvalue weighted by molar-refractivity contribution is 7.80. The minimum atomic E-state index is -1.21. The lowest BCUT2D eigenvalue weighted by Crippen LogP contribution is -2.56. The maximum Gasteiger partial charge on any atom is 0.326 e. The van der Waals surface area contributed by atoms with E-state index >= 15 is 0 Å². The Kier molecular flexibility index (Phi) is 8.59. The summed E-state index contributed by atoms with van der Waals surface area (Å²) in [6, 6.07) is 5.29. The molecule has 9 nitrogen and oxygen atoms in total. The van der Waals surface area contributed by atoms with Crippen molar-refractivity contribution >= 4 is 36.3 Å². The number of nitrogens with one attached hydrogen (secondary N) is 2. The van der Waals surface area contributed by atoms with Crippen molar-refractivity contribution in [3.8, 4) is 0 Å². The topological polar surface area (TPSA) is 165 Å². The molecule has 3 atom stereocenters. The van der Waals surface area contributed by atoms with E-state index in [-0.39, 0.29) is 18.6 Å². The van der Waals surface area contributed by atoms with Crippen LogP contribution < -0.4 is 22.1 Å². The zero-order valence-electron chi connectivity index (χ0n) is 13.9. The van der Waals surface area contributed by atoms with Crippen LogP contribution in [0.1, 0.15) is 12.0 Å². The molecule has 0 unspecified atom stereocenters. The molecule has 0 aromatic heterocycles. The van der Waals surface area contributed by atoms with Gasteiger partial charge in [-0.25, -0.2) is 4.79 Å². The average molecular weight is 382 g/mol. The van der Waals surface area contributed by atoms with E-state index in [1.807, 2.05) is 0 Å². The first-order chi connectivity index (χ1) is 12.2. The van der Waals surface area contributed by atoms with Gasteiger partial charge in [0.15, 0.2) is 0 Å². The molecule has 26 heavy (non-hydrogen) atoms. The van der Waals surface area contributed by atoms with Crippen molar-refractivity contribution in [2.45, 2.75) is 31.0 Å². The minimum Gasteiger partial charge on any atom is -0.480 e. The molecular weight excluding hydrogens is 360 g/mol. The van der Waals surface area contributed by atoms with Crippen molar-refractivity contribution < 1.29 is 24.3 Å². The Morgan fingerprint density at radius 2 is 1.62 bits per heavy atom. The van der Waals surface area contributed by atoms with Crippen molar-refractivity contribution in [1.82, 2.24) is 10.6 Å². The van der Waals surface area contributed by atoms with Crippen LogP contribution in [0.3, 0.4) is 0 Å². The van der Waals surface area contributed by atoms with Gasteiger partial charge in [-0.1, -0.05) is 30.3 Å². The zero-order chi connectivity index (χ0) is 19.7. The molecule has 0 saturated carbocycles. The smallest absolute Gasteiger partial charge is 0.326 e. The van der Waals surface area contributed by atoms with E-state index in [4.69, 9.17) is 11.5 Å². The summed E-state index contributed by atoms with van der Waals surface area (Å²) in [4.78, 5) is 46.4. The molecule has 3 amide bonds. The molecule has 142 valence electrons. The van der Waals surface area contributed by atoms with Gasteiger partial charge in [-0.05, 0) is 5.56 Å². The van der Waals surface area contributed by atoms with Crippen molar-refractivity contribution in [3.63, 3.8) is 0 Å². The Bertz CT molecular complexity index is 655. The number of carboxylic acid groups (broad SMARTS) is 1. The number of hydrogen-bond donors (Lipinski definition) is 6. The van der Waals surface area contributed by atoms with Gasteiger partial charge in [-0.15, -0.1) is 0 Å². The van der Waals surface area contributed by atoms with Crippen LogP contribution in [-0.2, 0) is 25.6 Å². The summed E-state index contributed by atoms with van der Waals surface area (Å²) in [5.74, 6) is -3.53. The number of rotatable bonds is 10. The highest BCUT2D eigenvalue weighted by atomic mass is 32.1. The van der Waals surface area contributed by atoms with Crippen LogP contribution >= 0.6 is 12.6 Å². The Morgan fingerprint density at radius 3 is 2.12 bits per heavy atom. The third kappa shape index (κ3) is 7.11. The third-order valence-electron chi connectivity index (χ3n) is 3.47. The molecule has 1 aromatic carbocycles. The van der Waals surface area contributed by atoms with Gasteiger partial charge in [0.1, 0.15) is 12.1 Å². The first kappa shape index (κ1) is 21.5. The summed E-state index contributed by atoms with van der Waals surface area (Å²) < 4.78 is 0. The molecule has 1 aromatic rings. The predicted octanol–water partition coefficient (Wildman–Crippen LogP) is -1.58. The fourth-order valence-corrected chi connectivity index (χ4v) is 2.36. The number of nitrogens with two attached hydrogens (primary N) is 2. The number of aliphatic carboxylic acids is 1. The minimum absolute atomic E-state index is 0.0797. The second-order valence-corrected chi connectivity index (χ2v) is 5.97. The molecule has 0 heterocycles. The van der Waals surface area contributed by atoms with Crippen molar-refractivity contribution in [2.75, 3.05) is 5.75 Å². The van der Waals surface area contributed by atoms with Crippen LogP contribution in [0.15, 0.2) is 30.3 Å². The van der Waals surface area contributed by atoms with Crippen LogP contribution in [0.2, 0.25) is 0 Å². The number of hydrogen-bond acceptors (Lipinski definition) is 6. The van der Waals surface area contributed by atoms with E-state index in [0.717, 1.165) is 5.56 Å². The average Bonchev–Trinajstić information content (AvgIpc) is 2.58. The first-order valence-electron chi connectivity index (χ1n) is 7.76. The maximum atomic E-state index is 12.3. The van der Waals surface area contributed by atoms with Gasteiger partial charge in [-0.3, -0.25) is 14.4 Å². The number of benzene rings is 1. The van der Waals surface area contributed by atoms with Crippen LogP contribution in [-0.4, -0.2) is 52.7 Å². The van der Waals surface area contributed by atoms with Gasteiger partial charge in [0.25, 0.3) is 0 Å². The lowest BCUT2D eigenvalue weighted by atomic mass is 10.1. The van der Waals surface area contributed by atoms with Gasteiger partial charge in [0.2, 0.25) is 17.7 Å². The van der Waals surface area contributed by atoms with E-state index in [0.29, 0.717) is 0 Å². The summed E-state index contributed by atoms with van der Waals surface area (Å²) >= 11 is 3.99. The van der Waals surface area contributed by atoms with Crippen LogP contribution in [0, 0.1) is 0 Å². The summed E-state index contributed by atoms with van der Waals surface area (Å²) in [6.07, 6.45) is -0.297. The fourth-order valence-electron chi connectivity index (χ4n) is 2.10. The molecule has 0 bridgehead atoms. The molecule has 10 heteroatoms. The molecule has 0 aliphatic carbocycles. The summed E-state index contributed by atoms with van der Waals surface area (Å²) in [7, 11) is 0. The second-order valence-electron chi connectivity index (χ2n) is 5.61. The highest BCUT2D eigenvalue weighted by Crippen LogP contribution is 2.04. The maximum absolute atomic E-state index is 12.3. The Balaban J connectivity index is 2.71. The van der Waals surface area contributed by atoms with Gasteiger partial charge >= 0.3 is 5.97 Å². The van der Waals surface area contributed by atoms with Crippen molar-refractivity contribution in [2.24, 2.45) is 11.5 Å². The SMILES string of the molecule is NC(=O)C[C@H](N)C(=O)N[C@@H](CS)C(=O)N[C@@H](Cc1ccccc1)C(=O)O. The molecule has 0 saturated heterocycles. The molecule has 0 aliphatic heterocycles. The van der Waals surface area contributed by atoms with E-state index in [1.165, 1.54) is 0 Å². The standard InChI is InChI=1S/C16H22N4O5S/c17-10(7-13(18)21)14(22)20-12(8-26)15(23)19-11(16(24)25)6-9-4-2-1-3-5-9/h1-5,10-12,26H,6-8,17H2,(H2,18,21)(H,19,23)(H,20,22)(H,24,25)/t10-,11-,12-/m0/s1. The number of primary amides is 1. The van der Waals surface area contributed by atoms with Crippen LogP contribution in [0.4, 0.5) is 0 Å². The largest absolute Gasteiger partial charge is 0.480 e. The zero-order valence-corrected chi connectivity index (χ0v) is 14.8. The van der Waals surface area contributed by atoms with Crippen LogP contribution in [0.25, 0.3) is 0 Å². The predicted molar refractivity (Wildman–Crippen MR) is 97.3 cm³/mol. The molecule has 7 N–H and O–H groups in total. The number of thiol groups is 1. The molecular formula is C16H22N4O5S. The van der Waals surface area contributed by atoms with Gasteiger partial charge in [0, 0.05) is 12.2 Å². The lowest BCUT2D eigenvalue weighted by Gasteiger charge is -2.21. The number of carbonyl (C=O) groups excluding carboxylic acids is 3. The van der Waals surface area contributed by atoms with Crippen molar-refractivity contribution in [1.29, 1.82) is 0 Å². The van der Waals surface area contributed by atoms with Gasteiger partial charge < -0.3 is 27.2 Å².